The topological polar surface area (TPSA) is 50.2 Å². The van der Waals surface area contributed by atoms with Crippen LogP contribution in [0.3, 0.4) is 0 Å². The second-order valence-corrected chi connectivity index (χ2v) is 5.62. The van der Waals surface area contributed by atoms with Crippen LogP contribution in [0.1, 0.15) is 0 Å². The molecule has 0 aliphatic carbocycles. The standard InChI is InChI=1S/C18H12ClN3O/c19-14-7-4-12(5-8-14)17-18(13-6-9-16(23)20-11-13)22-10-2-1-3-15(22)21-17/h1-11H,(H,20,23). The molecule has 0 fully saturated rings. The first-order valence-corrected chi connectivity index (χ1v) is 7.52. The number of hydrogen-bond donors (Lipinski definition) is 1. The monoisotopic (exact) mass is 321 g/mol. The van der Waals surface area contributed by atoms with Gasteiger partial charge >= 0.3 is 0 Å². The maximum absolute atomic E-state index is 11.4. The number of benzene rings is 1. The molecule has 5 heteroatoms. The number of H-pyrrole nitrogens is 1. The molecule has 0 aliphatic rings. The lowest BCUT2D eigenvalue weighted by molar-refractivity contribution is 1.17. The first kappa shape index (κ1) is 13.8. The Morgan fingerprint density at radius 2 is 1.74 bits per heavy atom. The predicted molar refractivity (Wildman–Crippen MR) is 91.7 cm³/mol. The van der Waals surface area contributed by atoms with Crippen LogP contribution in [-0.2, 0) is 0 Å². The Labute approximate surface area is 137 Å². The number of rotatable bonds is 2. The zero-order valence-electron chi connectivity index (χ0n) is 12.0. The van der Waals surface area contributed by atoms with Crippen LogP contribution in [0, 0.1) is 0 Å². The second-order valence-electron chi connectivity index (χ2n) is 5.19. The second kappa shape index (κ2) is 5.41. The van der Waals surface area contributed by atoms with Gasteiger partial charge in [-0.15, -0.1) is 0 Å². The molecule has 0 saturated heterocycles. The molecule has 0 spiro atoms. The van der Waals surface area contributed by atoms with Gasteiger partial charge in [-0.3, -0.25) is 9.20 Å². The highest BCUT2D eigenvalue weighted by atomic mass is 35.5. The number of nitrogens with one attached hydrogen (secondary N) is 1. The highest BCUT2D eigenvalue weighted by molar-refractivity contribution is 6.30. The Kier molecular flexibility index (Phi) is 3.24. The van der Waals surface area contributed by atoms with Crippen molar-refractivity contribution in [1.29, 1.82) is 0 Å². The van der Waals surface area contributed by atoms with Crippen LogP contribution in [0.25, 0.3) is 28.2 Å². The summed E-state index contributed by atoms with van der Waals surface area (Å²) in [6, 6.07) is 16.8. The molecule has 0 radical (unpaired) electrons. The van der Waals surface area contributed by atoms with Gasteiger partial charge in [-0.1, -0.05) is 29.8 Å². The van der Waals surface area contributed by atoms with Gasteiger partial charge in [-0.2, -0.15) is 0 Å². The first-order valence-electron chi connectivity index (χ1n) is 7.14. The van der Waals surface area contributed by atoms with Gasteiger partial charge in [0.2, 0.25) is 5.56 Å². The number of imidazole rings is 1. The fourth-order valence-electron chi connectivity index (χ4n) is 2.64. The molecule has 3 aromatic heterocycles. The van der Waals surface area contributed by atoms with Crippen molar-refractivity contribution >= 4 is 17.2 Å². The lowest BCUT2D eigenvalue weighted by Crippen LogP contribution is -2.02. The van der Waals surface area contributed by atoms with Crippen molar-refractivity contribution in [2.24, 2.45) is 0 Å². The maximum Gasteiger partial charge on any atom is 0.247 e. The van der Waals surface area contributed by atoms with E-state index in [0.717, 1.165) is 28.2 Å². The molecule has 112 valence electrons. The van der Waals surface area contributed by atoms with Crippen molar-refractivity contribution in [1.82, 2.24) is 14.4 Å². The van der Waals surface area contributed by atoms with E-state index in [0.29, 0.717) is 5.02 Å². The quantitative estimate of drug-likeness (QED) is 0.606. The number of halogens is 1. The van der Waals surface area contributed by atoms with E-state index >= 15 is 0 Å². The van der Waals surface area contributed by atoms with Crippen molar-refractivity contribution in [3.8, 4) is 22.5 Å². The number of aromatic nitrogens is 3. The summed E-state index contributed by atoms with van der Waals surface area (Å²) in [6.07, 6.45) is 3.67. The molecular weight excluding hydrogens is 310 g/mol. The molecule has 4 nitrogen and oxygen atoms in total. The highest BCUT2D eigenvalue weighted by Crippen LogP contribution is 2.32. The number of aromatic amines is 1. The number of nitrogens with zero attached hydrogens (tertiary/aromatic N) is 2. The lowest BCUT2D eigenvalue weighted by Gasteiger charge is -2.05. The van der Waals surface area contributed by atoms with Crippen LogP contribution in [0.4, 0.5) is 0 Å². The average molecular weight is 322 g/mol. The van der Waals surface area contributed by atoms with Crippen LogP contribution < -0.4 is 5.56 Å². The van der Waals surface area contributed by atoms with Crippen molar-refractivity contribution in [2.45, 2.75) is 0 Å². The smallest absolute Gasteiger partial charge is 0.247 e. The van der Waals surface area contributed by atoms with E-state index in [1.807, 2.05) is 53.1 Å². The third kappa shape index (κ3) is 2.43. The summed E-state index contributed by atoms with van der Waals surface area (Å²) in [6.45, 7) is 0. The molecule has 4 rings (SSSR count). The first-order chi connectivity index (χ1) is 11.2. The molecule has 23 heavy (non-hydrogen) atoms. The Balaban J connectivity index is 2.03. The summed E-state index contributed by atoms with van der Waals surface area (Å²) in [5, 5.41) is 0.683. The van der Waals surface area contributed by atoms with Crippen LogP contribution in [0.5, 0.6) is 0 Å². The predicted octanol–water partition coefficient (Wildman–Crippen LogP) is 4.01. The molecule has 4 aromatic rings. The molecular formula is C18H12ClN3O. The van der Waals surface area contributed by atoms with Gasteiger partial charge in [-0.25, -0.2) is 4.98 Å². The largest absolute Gasteiger partial charge is 0.328 e. The third-order valence-corrected chi connectivity index (χ3v) is 3.96. The minimum atomic E-state index is -0.129. The summed E-state index contributed by atoms with van der Waals surface area (Å²) in [4.78, 5) is 18.8. The van der Waals surface area contributed by atoms with E-state index in [1.165, 1.54) is 6.07 Å². The van der Waals surface area contributed by atoms with Gasteiger partial charge in [0, 0.05) is 34.6 Å². The molecule has 0 aliphatic heterocycles. The Hall–Kier alpha value is -2.85. The SMILES string of the molecule is O=c1ccc(-c2c(-c3ccc(Cl)cc3)nc3ccccn23)c[nH]1. The van der Waals surface area contributed by atoms with Crippen molar-refractivity contribution in [3.63, 3.8) is 0 Å². The molecule has 1 aromatic carbocycles. The number of hydrogen-bond acceptors (Lipinski definition) is 2. The van der Waals surface area contributed by atoms with E-state index in [1.54, 1.807) is 12.3 Å². The van der Waals surface area contributed by atoms with Crippen LogP contribution in [0.15, 0.2) is 71.8 Å². The molecule has 3 heterocycles. The van der Waals surface area contributed by atoms with E-state index in [-0.39, 0.29) is 5.56 Å². The van der Waals surface area contributed by atoms with Crippen molar-refractivity contribution < 1.29 is 0 Å². The van der Waals surface area contributed by atoms with E-state index in [4.69, 9.17) is 16.6 Å². The number of pyridine rings is 2. The van der Waals surface area contributed by atoms with E-state index in [2.05, 4.69) is 4.98 Å². The lowest BCUT2D eigenvalue weighted by atomic mass is 10.1. The van der Waals surface area contributed by atoms with Gasteiger partial charge in [0.05, 0.1) is 11.4 Å². The molecule has 0 unspecified atom stereocenters. The number of fused-ring (bicyclic) bond motifs is 1. The van der Waals surface area contributed by atoms with Gasteiger partial charge < -0.3 is 4.98 Å². The minimum absolute atomic E-state index is 0.129. The van der Waals surface area contributed by atoms with E-state index in [9.17, 15) is 4.79 Å². The van der Waals surface area contributed by atoms with Crippen molar-refractivity contribution in [3.05, 3.63) is 82.4 Å². The zero-order valence-corrected chi connectivity index (χ0v) is 12.8. The Morgan fingerprint density at radius 1 is 0.957 bits per heavy atom. The fourth-order valence-corrected chi connectivity index (χ4v) is 2.76. The van der Waals surface area contributed by atoms with Gasteiger partial charge in [0.15, 0.2) is 0 Å². The Bertz CT molecular complexity index is 1030. The fraction of sp³-hybridized carbons (Fsp3) is 0. The highest BCUT2D eigenvalue weighted by Gasteiger charge is 2.15. The minimum Gasteiger partial charge on any atom is -0.328 e. The van der Waals surface area contributed by atoms with Crippen LogP contribution in [0.2, 0.25) is 5.02 Å². The average Bonchev–Trinajstić information content (AvgIpc) is 2.96. The molecule has 0 saturated carbocycles. The van der Waals surface area contributed by atoms with Crippen LogP contribution in [-0.4, -0.2) is 14.4 Å². The van der Waals surface area contributed by atoms with Gasteiger partial charge in [-0.05, 0) is 30.3 Å². The third-order valence-electron chi connectivity index (χ3n) is 3.71. The summed E-state index contributed by atoms with van der Waals surface area (Å²) in [7, 11) is 0. The molecule has 0 atom stereocenters. The summed E-state index contributed by atoms with van der Waals surface area (Å²) < 4.78 is 2.01. The summed E-state index contributed by atoms with van der Waals surface area (Å²) in [5.41, 5.74) is 4.36. The molecule has 0 amide bonds. The van der Waals surface area contributed by atoms with E-state index < -0.39 is 0 Å². The van der Waals surface area contributed by atoms with Gasteiger partial charge in [0.25, 0.3) is 0 Å². The molecule has 0 bridgehead atoms. The molecule has 1 N–H and O–H groups in total. The van der Waals surface area contributed by atoms with Gasteiger partial charge in [0.1, 0.15) is 5.65 Å². The Morgan fingerprint density at radius 3 is 2.48 bits per heavy atom. The van der Waals surface area contributed by atoms with Crippen molar-refractivity contribution in [2.75, 3.05) is 0 Å². The van der Waals surface area contributed by atoms with Crippen LogP contribution >= 0.6 is 11.6 Å². The maximum atomic E-state index is 11.4. The summed E-state index contributed by atoms with van der Waals surface area (Å²) in [5.74, 6) is 0. The zero-order chi connectivity index (χ0) is 15.8. The normalized spacial score (nSPS) is 11.0. The summed E-state index contributed by atoms with van der Waals surface area (Å²) >= 11 is 5.99.